The van der Waals surface area contributed by atoms with Gasteiger partial charge in [-0.05, 0) is 75.0 Å². The lowest BCUT2D eigenvalue weighted by Crippen LogP contribution is -2.25. The summed E-state index contributed by atoms with van der Waals surface area (Å²) in [6.07, 6.45) is 15.6. The Bertz CT molecular complexity index is 253. The molecule has 0 atom stereocenters. The van der Waals surface area contributed by atoms with Crippen molar-refractivity contribution in [1.82, 2.24) is 0 Å². The maximum absolute atomic E-state index is 5.66. The van der Waals surface area contributed by atoms with Crippen molar-refractivity contribution in [3.05, 3.63) is 24.3 Å². The fourth-order valence-electron chi connectivity index (χ4n) is 3.76. The summed E-state index contributed by atoms with van der Waals surface area (Å²) in [7, 11) is 0. The molecule has 2 fully saturated rings. The van der Waals surface area contributed by atoms with Crippen LogP contribution in [0, 0.1) is 23.7 Å². The number of halogens is 1. The largest absolute Gasteiger partial charge is 0.103 e. The van der Waals surface area contributed by atoms with Crippen LogP contribution in [0.2, 0.25) is 0 Å². The molecular formula is C16H25Cl. The molecule has 96 valence electrons. The molecule has 0 saturated heterocycles. The van der Waals surface area contributed by atoms with Crippen LogP contribution in [-0.2, 0) is 0 Å². The standard InChI is InChI=1S/C16H25Cl/c1-2-13-3-7-15(8-4-13)16-9-5-14(6-10-16)11-12-17/h2,11-16H,1,3-10H2/b12-11+. The summed E-state index contributed by atoms with van der Waals surface area (Å²) >= 11 is 5.66. The topological polar surface area (TPSA) is 0 Å². The minimum absolute atomic E-state index is 0.758. The maximum Gasteiger partial charge on any atom is 0.000525 e. The summed E-state index contributed by atoms with van der Waals surface area (Å²) in [5.41, 5.74) is 1.71. The van der Waals surface area contributed by atoms with E-state index in [1.807, 2.05) is 0 Å². The van der Waals surface area contributed by atoms with Gasteiger partial charge in [-0.3, -0.25) is 0 Å². The predicted octanol–water partition coefficient (Wildman–Crippen LogP) is 5.54. The fraction of sp³-hybridized carbons (Fsp3) is 0.750. The van der Waals surface area contributed by atoms with Crippen LogP contribution in [0.3, 0.4) is 0 Å². The number of allylic oxidation sites excluding steroid dienone is 2. The molecule has 2 rings (SSSR count). The van der Waals surface area contributed by atoms with Gasteiger partial charge in [-0.1, -0.05) is 23.8 Å². The maximum atomic E-state index is 5.66. The van der Waals surface area contributed by atoms with Crippen molar-refractivity contribution >= 4 is 11.6 Å². The van der Waals surface area contributed by atoms with Crippen molar-refractivity contribution in [3.63, 3.8) is 0 Å². The SMILES string of the molecule is C=CC1CCC(C2CCC(/C=C/Cl)CC2)CC1. The highest BCUT2D eigenvalue weighted by Crippen LogP contribution is 2.41. The molecule has 1 heteroatoms. The number of hydrogen-bond acceptors (Lipinski definition) is 0. The third kappa shape index (κ3) is 3.61. The van der Waals surface area contributed by atoms with Crippen molar-refractivity contribution in [3.8, 4) is 0 Å². The molecule has 0 amide bonds. The van der Waals surface area contributed by atoms with Gasteiger partial charge in [0.05, 0.1) is 0 Å². The fourth-order valence-corrected chi connectivity index (χ4v) is 3.97. The summed E-state index contributed by atoms with van der Waals surface area (Å²) in [5, 5.41) is 0. The minimum atomic E-state index is 0.758. The van der Waals surface area contributed by atoms with Gasteiger partial charge in [0.2, 0.25) is 0 Å². The first kappa shape index (κ1) is 13.2. The zero-order valence-electron chi connectivity index (χ0n) is 10.8. The summed E-state index contributed by atoms with van der Waals surface area (Å²) in [6, 6.07) is 0. The molecule has 2 aliphatic rings. The van der Waals surface area contributed by atoms with Crippen LogP contribution < -0.4 is 0 Å². The molecule has 2 aliphatic carbocycles. The number of rotatable bonds is 3. The van der Waals surface area contributed by atoms with Gasteiger partial charge >= 0.3 is 0 Å². The smallest absolute Gasteiger partial charge is 0.000525 e. The van der Waals surface area contributed by atoms with Crippen LogP contribution in [-0.4, -0.2) is 0 Å². The average Bonchev–Trinajstić information content (AvgIpc) is 2.40. The molecule has 0 spiro atoms. The summed E-state index contributed by atoms with van der Waals surface area (Å²) in [6.45, 7) is 3.93. The Morgan fingerprint density at radius 3 is 1.65 bits per heavy atom. The first-order valence-electron chi connectivity index (χ1n) is 7.23. The highest BCUT2D eigenvalue weighted by molar-refractivity contribution is 6.25. The third-order valence-electron chi connectivity index (χ3n) is 4.98. The monoisotopic (exact) mass is 252 g/mol. The molecule has 0 unspecified atom stereocenters. The summed E-state index contributed by atoms with van der Waals surface area (Å²) in [5.74, 6) is 3.57. The van der Waals surface area contributed by atoms with E-state index in [2.05, 4.69) is 18.7 Å². The van der Waals surface area contributed by atoms with E-state index in [1.54, 1.807) is 5.54 Å². The van der Waals surface area contributed by atoms with Crippen molar-refractivity contribution in [2.75, 3.05) is 0 Å². The van der Waals surface area contributed by atoms with Gasteiger partial charge in [-0.25, -0.2) is 0 Å². The molecule has 0 aliphatic heterocycles. The Hall–Kier alpha value is -0.230. The Kier molecular flexibility index (Phi) is 5.16. The molecule has 0 aromatic carbocycles. The molecule has 0 heterocycles. The van der Waals surface area contributed by atoms with Crippen LogP contribution in [0.4, 0.5) is 0 Å². The zero-order chi connectivity index (χ0) is 12.1. The van der Waals surface area contributed by atoms with Crippen molar-refractivity contribution in [2.45, 2.75) is 51.4 Å². The highest BCUT2D eigenvalue weighted by atomic mass is 35.5. The Labute approximate surface area is 111 Å². The summed E-state index contributed by atoms with van der Waals surface area (Å²) in [4.78, 5) is 0. The van der Waals surface area contributed by atoms with Gasteiger partial charge in [-0.15, -0.1) is 6.58 Å². The van der Waals surface area contributed by atoms with E-state index in [-0.39, 0.29) is 0 Å². The first-order chi connectivity index (χ1) is 8.33. The van der Waals surface area contributed by atoms with Crippen LogP contribution >= 0.6 is 11.6 Å². The quantitative estimate of drug-likeness (QED) is 0.579. The van der Waals surface area contributed by atoms with Crippen LogP contribution in [0.5, 0.6) is 0 Å². The first-order valence-corrected chi connectivity index (χ1v) is 7.66. The molecule has 0 nitrogen and oxygen atoms in total. The minimum Gasteiger partial charge on any atom is -0.103 e. The van der Waals surface area contributed by atoms with E-state index >= 15 is 0 Å². The predicted molar refractivity (Wildman–Crippen MR) is 76.1 cm³/mol. The van der Waals surface area contributed by atoms with Crippen LogP contribution in [0.1, 0.15) is 51.4 Å². The molecule has 0 bridgehead atoms. The molecule has 17 heavy (non-hydrogen) atoms. The third-order valence-corrected chi connectivity index (χ3v) is 5.12. The van der Waals surface area contributed by atoms with Gasteiger partial charge in [0.25, 0.3) is 0 Å². The van der Waals surface area contributed by atoms with Gasteiger partial charge in [0.15, 0.2) is 0 Å². The molecule has 2 saturated carbocycles. The van der Waals surface area contributed by atoms with E-state index in [0.717, 1.165) is 23.7 Å². The van der Waals surface area contributed by atoms with E-state index in [1.165, 1.54) is 51.4 Å². The van der Waals surface area contributed by atoms with E-state index < -0.39 is 0 Å². The molecule has 0 radical (unpaired) electrons. The van der Waals surface area contributed by atoms with Crippen molar-refractivity contribution in [2.24, 2.45) is 23.7 Å². The lowest BCUT2D eigenvalue weighted by atomic mass is 9.69. The number of hydrogen-bond donors (Lipinski definition) is 0. The Balaban J connectivity index is 1.76. The molecule has 0 aromatic rings. The van der Waals surface area contributed by atoms with Crippen LogP contribution in [0.15, 0.2) is 24.3 Å². The van der Waals surface area contributed by atoms with E-state index in [0.29, 0.717) is 0 Å². The van der Waals surface area contributed by atoms with E-state index in [4.69, 9.17) is 11.6 Å². The van der Waals surface area contributed by atoms with E-state index in [9.17, 15) is 0 Å². The normalized spacial score (nSPS) is 39.4. The summed E-state index contributed by atoms with van der Waals surface area (Å²) < 4.78 is 0. The highest BCUT2D eigenvalue weighted by Gasteiger charge is 2.29. The van der Waals surface area contributed by atoms with Gasteiger partial charge in [0.1, 0.15) is 0 Å². The second kappa shape index (κ2) is 6.64. The molecular weight excluding hydrogens is 228 g/mol. The second-order valence-electron chi connectivity index (χ2n) is 5.90. The van der Waals surface area contributed by atoms with Gasteiger partial charge < -0.3 is 0 Å². The average molecular weight is 253 g/mol. The van der Waals surface area contributed by atoms with Crippen LogP contribution in [0.25, 0.3) is 0 Å². The van der Waals surface area contributed by atoms with Gasteiger partial charge in [-0.2, -0.15) is 0 Å². The Morgan fingerprint density at radius 1 is 0.765 bits per heavy atom. The lowest BCUT2D eigenvalue weighted by molar-refractivity contribution is 0.166. The molecule has 0 N–H and O–H groups in total. The molecule has 0 aromatic heterocycles. The Morgan fingerprint density at radius 2 is 1.24 bits per heavy atom. The van der Waals surface area contributed by atoms with Crippen molar-refractivity contribution < 1.29 is 0 Å². The zero-order valence-corrected chi connectivity index (χ0v) is 11.5. The van der Waals surface area contributed by atoms with Crippen molar-refractivity contribution in [1.29, 1.82) is 0 Å². The second-order valence-corrected chi connectivity index (χ2v) is 6.16. The van der Waals surface area contributed by atoms with Gasteiger partial charge in [0, 0.05) is 5.54 Å². The lowest BCUT2D eigenvalue weighted by Gasteiger charge is -2.36.